The smallest absolute Gasteiger partial charge is 0.143 e. The molecule has 2 aromatic heterocycles. The molecule has 0 saturated heterocycles. The van der Waals surface area contributed by atoms with Gasteiger partial charge in [-0.15, -0.1) is 22.7 Å². The molecule has 0 bridgehead atoms. The van der Waals surface area contributed by atoms with Crippen molar-refractivity contribution in [1.29, 1.82) is 0 Å². The number of thiazole rings is 2. The van der Waals surface area contributed by atoms with Crippen LogP contribution in [-0.2, 0) is 6.54 Å². The van der Waals surface area contributed by atoms with Gasteiger partial charge in [-0.05, 0) is 13.3 Å². The maximum atomic E-state index is 4.56. The highest BCUT2D eigenvalue weighted by atomic mass is 32.1. The lowest BCUT2D eigenvalue weighted by molar-refractivity contribution is 0.530. The lowest BCUT2D eigenvalue weighted by Gasteiger charge is -2.08. The van der Waals surface area contributed by atoms with E-state index in [9.17, 15) is 0 Å². The van der Waals surface area contributed by atoms with Crippen molar-refractivity contribution in [1.82, 2.24) is 15.3 Å². The van der Waals surface area contributed by atoms with E-state index in [-0.39, 0.29) is 0 Å². The van der Waals surface area contributed by atoms with E-state index >= 15 is 0 Å². The third kappa shape index (κ3) is 2.87. The predicted molar refractivity (Wildman–Crippen MR) is 69.8 cm³/mol. The molecule has 16 heavy (non-hydrogen) atoms. The van der Waals surface area contributed by atoms with Crippen LogP contribution in [0.1, 0.15) is 26.0 Å². The largest absolute Gasteiger partial charge is 0.309 e. The second-order valence-electron chi connectivity index (χ2n) is 3.71. The first-order valence-corrected chi connectivity index (χ1v) is 7.18. The van der Waals surface area contributed by atoms with E-state index < -0.39 is 0 Å². The van der Waals surface area contributed by atoms with Crippen LogP contribution < -0.4 is 5.32 Å². The molecule has 0 aliphatic rings. The van der Waals surface area contributed by atoms with Crippen LogP contribution in [0, 0.1) is 0 Å². The van der Waals surface area contributed by atoms with E-state index in [1.807, 2.05) is 10.9 Å². The summed E-state index contributed by atoms with van der Waals surface area (Å²) < 4.78 is 0. The van der Waals surface area contributed by atoms with Crippen LogP contribution in [0.2, 0.25) is 0 Å². The van der Waals surface area contributed by atoms with Crippen LogP contribution in [0.25, 0.3) is 10.7 Å². The fourth-order valence-corrected chi connectivity index (χ4v) is 2.64. The van der Waals surface area contributed by atoms with Crippen LogP contribution >= 0.6 is 22.7 Å². The number of nitrogens with one attached hydrogen (secondary N) is 1. The molecule has 0 aliphatic carbocycles. The molecule has 0 saturated carbocycles. The molecule has 2 rings (SSSR count). The summed E-state index contributed by atoms with van der Waals surface area (Å²) in [4.78, 5) is 8.82. The highest BCUT2D eigenvalue weighted by molar-refractivity contribution is 7.13. The Hall–Kier alpha value is -0.780. The average molecular weight is 253 g/mol. The van der Waals surface area contributed by atoms with E-state index in [4.69, 9.17) is 0 Å². The Kier molecular flexibility index (Phi) is 4.04. The van der Waals surface area contributed by atoms with Gasteiger partial charge in [-0.3, -0.25) is 0 Å². The van der Waals surface area contributed by atoms with Gasteiger partial charge in [0.15, 0.2) is 0 Å². The molecule has 0 amide bonds. The van der Waals surface area contributed by atoms with Crippen molar-refractivity contribution in [3.63, 3.8) is 0 Å². The Morgan fingerprint density at radius 1 is 1.44 bits per heavy atom. The molecule has 0 spiro atoms. The molecule has 1 N–H and O–H groups in total. The minimum absolute atomic E-state index is 0.546. The van der Waals surface area contributed by atoms with Gasteiger partial charge in [-0.25, -0.2) is 9.97 Å². The predicted octanol–water partition coefficient (Wildman–Crippen LogP) is 3.15. The summed E-state index contributed by atoms with van der Waals surface area (Å²) in [5.74, 6) is 0. The standard InChI is InChI=1S/C11H15N3S2/c1-3-8(2)12-4-9-5-16-11(14-9)10-6-15-7-13-10/h5-8,12H,3-4H2,1-2H3. The molecule has 1 atom stereocenters. The van der Waals surface area contributed by atoms with Gasteiger partial charge in [0, 0.05) is 23.3 Å². The molecule has 5 heteroatoms. The second-order valence-corrected chi connectivity index (χ2v) is 5.28. The Balaban J connectivity index is 1.98. The summed E-state index contributed by atoms with van der Waals surface area (Å²) in [6, 6.07) is 0.546. The molecular formula is C11H15N3S2. The zero-order chi connectivity index (χ0) is 11.4. The molecule has 2 aromatic rings. The van der Waals surface area contributed by atoms with Gasteiger partial charge in [0.2, 0.25) is 0 Å². The topological polar surface area (TPSA) is 37.8 Å². The molecule has 2 heterocycles. The quantitative estimate of drug-likeness (QED) is 0.889. The minimum Gasteiger partial charge on any atom is -0.309 e. The van der Waals surface area contributed by atoms with Gasteiger partial charge in [-0.2, -0.15) is 0 Å². The van der Waals surface area contributed by atoms with Crippen LogP contribution in [0.5, 0.6) is 0 Å². The molecule has 0 aliphatic heterocycles. The van der Waals surface area contributed by atoms with Gasteiger partial charge in [0.05, 0.1) is 11.2 Å². The third-order valence-electron chi connectivity index (χ3n) is 2.45. The summed E-state index contributed by atoms with van der Waals surface area (Å²) in [5.41, 5.74) is 3.94. The fourth-order valence-electron chi connectivity index (χ4n) is 1.25. The Labute approximate surface area is 104 Å². The van der Waals surface area contributed by atoms with E-state index in [0.717, 1.165) is 29.4 Å². The summed E-state index contributed by atoms with van der Waals surface area (Å²) in [6.07, 6.45) is 1.14. The van der Waals surface area contributed by atoms with Gasteiger partial charge in [-0.1, -0.05) is 6.92 Å². The van der Waals surface area contributed by atoms with E-state index in [1.54, 1.807) is 22.7 Å². The van der Waals surface area contributed by atoms with Crippen molar-refractivity contribution < 1.29 is 0 Å². The first-order chi connectivity index (χ1) is 7.79. The molecule has 0 fully saturated rings. The van der Waals surface area contributed by atoms with Crippen molar-refractivity contribution in [2.45, 2.75) is 32.9 Å². The van der Waals surface area contributed by atoms with Crippen LogP contribution in [-0.4, -0.2) is 16.0 Å². The van der Waals surface area contributed by atoms with Crippen molar-refractivity contribution in [2.75, 3.05) is 0 Å². The van der Waals surface area contributed by atoms with E-state index in [1.165, 1.54) is 0 Å². The minimum atomic E-state index is 0.546. The lowest BCUT2D eigenvalue weighted by atomic mass is 10.2. The highest BCUT2D eigenvalue weighted by Crippen LogP contribution is 2.23. The monoisotopic (exact) mass is 253 g/mol. The zero-order valence-electron chi connectivity index (χ0n) is 9.43. The van der Waals surface area contributed by atoms with Crippen LogP contribution in [0.4, 0.5) is 0 Å². The number of hydrogen-bond acceptors (Lipinski definition) is 5. The Bertz CT molecular complexity index is 422. The zero-order valence-corrected chi connectivity index (χ0v) is 11.1. The maximum absolute atomic E-state index is 4.56. The third-order valence-corrected chi connectivity index (χ3v) is 3.95. The molecule has 3 nitrogen and oxygen atoms in total. The van der Waals surface area contributed by atoms with Crippen LogP contribution in [0.3, 0.4) is 0 Å². The first-order valence-electron chi connectivity index (χ1n) is 5.36. The summed E-state index contributed by atoms with van der Waals surface area (Å²) in [5, 5.41) is 8.58. The molecule has 86 valence electrons. The van der Waals surface area contributed by atoms with Crippen molar-refractivity contribution in [2.24, 2.45) is 0 Å². The van der Waals surface area contributed by atoms with Crippen molar-refractivity contribution in [3.8, 4) is 10.7 Å². The number of hydrogen-bond donors (Lipinski definition) is 1. The lowest BCUT2D eigenvalue weighted by Crippen LogP contribution is -2.24. The average Bonchev–Trinajstić information content (AvgIpc) is 2.95. The normalized spacial score (nSPS) is 12.9. The highest BCUT2D eigenvalue weighted by Gasteiger charge is 2.06. The Morgan fingerprint density at radius 2 is 2.31 bits per heavy atom. The van der Waals surface area contributed by atoms with Gasteiger partial charge >= 0.3 is 0 Å². The van der Waals surface area contributed by atoms with E-state index in [2.05, 4.69) is 34.5 Å². The number of rotatable bonds is 5. The Morgan fingerprint density at radius 3 is 3.00 bits per heavy atom. The number of aromatic nitrogens is 2. The summed E-state index contributed by atoms with van der Waals surface area (Å²) in [6.45, 7) is 5.21. The maximum Gasteiger partial charge on any atom is 0.143 e. The van der Waals surface area contributed by atoms with Crippen molar-refractivity contribution >= 4 is 22.7 Å². The SMILES string of the molecule is CCC(C)NCc1csc(-c2cscn2)n1. The summed E-state index contributed by atoms with van der Waals surface area (Å²) >= 11 is 3.27. The van der Waals surface area contributed by atoms with Crippen molar-refractivity contribution in [3.05, 3.63) is 22.0 Å². The van der Waals surface area contributed by atoms with Gasteiger partial charge < -0.3 is 5.32 Å². The molecule has 0 aromatic carbocycles. The molecular weight excluding hydrogens is 238 g/mol. The first kappa shape index (κ1) is 11.7. The molecule has 0 radical (unpaired) electrons. The molecule has 1 unspecified atom stereocenters. The summed E-state index contributed by atoms with van der Waals surface area (Å²) in [7, 11) is 0. The number of nitrogens with zero attached hydrogens (tertiary/aromatic N) is 2. The van der Waals surface area contributed by atoms with Crippen LogP contribution in [0.15, 0.2) is 16.3 Å². The second kappa shape index (κ2) is 5.52. The van der Waals surface area contributed by atoms with Gasteiger partial charge in [0.25, 0.3) is 0 Å². The fraction of sp³-hybridized carbons (Fsp3) is 0.455. The van der Waals surface area contributed by atoms with Gasteiger partial charge in [0.1, 0.15) is 10.7 Å². The van der Waals surface area contributed by atoms with E-state index in [0.29, 0.717) is 6.04 Å².